The highest BCUT2D eigenvalue weighted by Crippen LogP contribution is 2.27. The third-order valence-electron chi connectivity index (χ3n) is 4.88. The number of oxazole rings is 1. The second-order valence-electron chi connectivity index (χ2n) is 6.45. The molecule has 25 heavy (non-hydrogen) atoms. The fraction of sp³-hybridized carbons (Fsp3) is 0.389. The fourth-order valence-corrected chi connectivity index (χ4v) is 3.59. The van der Waals surface area contributed by atoms with E-state index in [4.69, 9.17) is 10.2 Å². The molecular formula is C18H20N4O3. The highest BCUT2D eigenvalue weighted by molar-refractivity contribution is 5.87. The molecule has 2 aliphatic heterocycles. The van der Waals surface area contributed by atoms with Gasteiger partial charge in [-0.15, -0.1) is 0 Å². The van der Waals surface area contributed by atoms with Crippen molar-refractivity contribution in [2.45, 2.75) is 31.8 Å². The number of carbonyl (C=O) groups excluding carboxylic acids is 2. The number of carbonyl (C=O) groups is 2. The normalized spacial score (nSPS) is 19.8. The number of benzene rings is 1. The van der Waals surface area contributed by atoms with Gasteiger partial charge in [-0.2, -0.15) is 0 Å². The van der Waals surface area contributed by atoms with Gasteiger partial charge < -0.3 is 20.0 Å². The van der Waals surface area contributed by atoms with Gasteiger partial charge in [-0.25, -0.2) is 9.78 Å². The predicted octanol–water partition coefficient (Wildman–Crippen LogP) is 1.77. The summed E-state index contributed by atoms with van der Waals surface area (Å²) in [5.74, 6) is 1.37. The Kier molecular flexibility index (Phi) is 3.91. The van der Waals surface area contributed by atoms with Gasteiger partial charge in [0, 0.05) is 25.1 Å². The molecule has 7 heteroatoms. The standard InChI is InChI=1S/C18H20N4O3/c19-18(24)22-9-4-7-14(22)17(23)21-10-8-15-13(11-21)20-16(25-15)12-5-2-1-3-6-12/h1-3,5-6,14H,4,7-11H2,(H2,19,24)/t14-/m0/s1. The number of nitrogens with zero attached hydrogens (tertiary/aromatic N) is 3. The van der Waals surface area contributed by atoms with Gasteiger partial charge in [-0.3, -0.25) is 4.79 Å². The molecule has 4 rings (SSSR count). The van der Waals surface area contributed by atoms with Gasteiger partial charge in [-0.05, 0) is 25.0 Å². The lowest BCUT2D eigenvalue weighted by Crippen LogP contribution is -2.50. The van der Waals surface area contributed by atoms with Crippen molar-refractivity contribution in [2.75, 3.05) is 13.1 Å². The van der Waals surface area contributed by atoms with Gasteiger partial charge >= 0.3 is 6.03 Å². The molecule has 2 aromatic rings. The summed E-state index contributed by atoms with van der Waals surface area (Å²) < 4.78 is 5.87. The first kappa shape index (κ1) is 15.7. The highest BCUT2D eigenvalue weighted by atomic mass is 16.4. The molecule has 0 spiro atoms. The molecule has 1 fully saturated rings. The Hall–Kier alpha value is -2.83. The van der Waals surface area contributed by atoms with E-state index >= 15 is 0 Å². The number of nitrogens with two attached hydrogens (primary N) is 1. The average molecular weight is 340 g/mol. The van der Waals surface area contributed by atoms with E-state index in [1.54, 1.807) is 4.90 Å². The quantitative estimate of drug-likeness (QED) is 0.902. The Bertz CT molecular complexity index is 802. The molecule has 0 aliphatic carbocycles. The number of primary amides is 1. The summed E-state index contributed by atoms with van der Waals surface area (Å²) in [5, 5.41) is 0. The van der Waals surface area contributed by atoms with Gasteiger partial charge in [0.15, 0.2) is 0 Å². The zero-order chi connectivity index (χ0) is 17.4. The number of fused-ring (bicyclic) bond motifs is 1. The predicted molar refractivity (Wildman–Crippen MR) is 90.4 cm³/mol. The number of urea groups is 1. The topological polar surface area (TPSA) is 92.7 Å². The molecule has 0 radical (unpaired) electrons. The number of hydrogen-bond donors (Lipinski definition) is 1. The largest absolute Gasteiger partial charge is 0.441 e. The summed E-state index contributed by atoms with van der Waals surface area (Å²) in [6.45, 7) is 1.53. The minimum atomic E-state index is -0.527. The van der Waals surface area contributed by atoms with E-state index in [0.717, 1.165) is 23.4 Å². The molecule has 130 valence electrons. The van der Waals surface area contributed by atoms with Gasteiger partial charge in [-0.1, -0.05) is 18.2 Å². The van der Waals surface area contributed by atoms with Crippen LogP contribution in [-0.2, 0) is 17.8 Å². The Morgan fingerprint density at radius 2 is 2.00 bits per heavy atom. The summed E-state index contributed by atoms with van der Waals surface area (Å²) in [5.41, 5.74) is 7.10. The maximum absolute atomic E-state index is 12.8. The smallest absolute Gasteiger partial charge is 0.315 e. The molecule has 1 saturated heterocycles. The van der Waals surface area contributed by atoms with Gasteiger partial charge in [0.2, 0.25) is 11.8 Å². The second kappa shape index (κ2) is 6.23. The molecule has 2 aliphatic rings. The SMILES string of the molecule is NC(=O)N1CCC[C@H]1C(=O)N1CCc2oc(-c3ccccc3)nc2C1. The second-order valence-corrected chi connectivity index (χ2v) is 6.45. The highest BCUT2D eigenvalue weighted by Gasteiger charge is 2.37. The molecule has 0 saturated carbocycles. The van der Waals surface area contributed by atoms with Crippen LogP contribution >= 0.6 is 0 Å². The third-order valence-corrected chi connectivity index (χ3v) is 4.88. The maximum Gasteiger partial charge on any atom is 0.315 e. The Balaban J connectivity index is 1.52. The lowest BCUT2D eigenvalue weighted by Gasteiger charge is -2.31. The van der Waals surface area contributed by atoms with Crippen LogP contribution in [0.3, 0.4) is 0 Å². The van der Waals surface area contributed by atoms with Crippen LogP contribution in [0, 0.1) is 0 Å². The zero-order valence-corrected chi connectivity index (χ0v) is 13.9. The molecule has 3 amide bonds. The van der Waals surface area contributed by atoms with E-state index in [9.17, 15) is 9.59 Å². The lowest BCUT2D eigenvalue weighted by molar-refractivity contribution is -0.136. The van der Waals surface area contributed by atoms with Gasteiger partial charge in [0.05, 0.1) is 6.54 Å². The summed E-state index contributed by atoms with van der Waals surface area (Å²) in [7, 11) is 0. The van der Waals surface area contributed by atoms with Gasteiger partial charge in [0.25, 0.3) is 0 Å². The van der Waals surface area contributed by atoms with E-state index in [1.165, 1.54) is 4.90 Å². The van der Waals surface area contributed by atoms with Crippen LogP contribution in [0.5, 0.6) is 0 Å². The summed E-state index contributed by atoms with van der Waals surface area (Å²) in [6, 6.07) is 8.74. The number of likely N-dealkylation sites (tertiary alicyclic amines) is 1. The van der Waals surface area contributed by atoms with Crippen LogP contribution in [0.2, 0.25) is 0 Å². The molecular weight excluding hydrogens is 320 g/mol. The first-order valence-electron chi connectivity index (χ1n) is 8.52. The number of amides is 3. The van der Waals surface area contributed by atoms with E-state index in [-0.39, 0.29) is 5.91 Å². The molecule has 0 bridgehead atoms. The molecule has 1 atom stereocenters. The summed E-state index contributed by atoms with van der Waals surface area (Å²) in [4.78, 5) is 32.1. The molecule has 1 aromatic heterocycles. The monoisotopic (exact) mass is 340 g/mol. The molecule has 3 heterocycles. The van der Waals surface area contributed by atoms with Crippen LogP contribution in [0.25, 0.3) is 11.5 Å². The Labute approximate surface area is 145 Å². The molecule has 7 nitrogen and oxygen atoms in total. The van der Waals surface area contributed by atoms with Crippen molar-refractivity contribution >= 4 is 11.9 Å². The van der Waals surface area contributed by atoms with Crippen LogP contribution in [0.1, 0.15) is 24.3 Å². The Morgan fingerprint density at radius 3 is 2.76 bits per heavy atom. The molecule has 0 unspecified atom stereocenters. The van der Waals surface area contributed by atoms with Crippen LogP contribution in [-0.4, -0.2) is 45.9 Å². The van der Waals surface area contributed by atoms with Crippen molar-refractivity contribution in [1.29, 1.82) is 0 Å². The Morgan fingerprint density at radius 1 is 1.20 bits per heavy atom. The van der Waals surface area contributed by atoms with Crippen molar-refractivity contribution in [3.8, 4) is 11.5 Å². The average Bonchev–Trinajstić information content (AvgIpc) is 3.28. The van der Waals surface area contributed by atoms with Crippen LogP contribution in [0.4, 0.5) is 4.79 Å². The first-order chi connectivity index (χ1) is 12.1. The number of hydrogen-bond acceptors (Lipinski definition) is 4. The van der Waals surface area contributed by atoms with E-state index in [1.807, 2.05) is 30.3 Å². The van der Waals surface area contributed by atoms with Crippen LogP contribution in [0.15, 0.2) is 34.7 Å². The first-order valence-corrected chi connectivity index (χ1v) is 8.52. The van der Waals surface area contributed by atoms with Crippen molar-refractivity contribution in [2.24, 2.45) is 5.73 Å². The number of rotatable bonds is 2. The molecule has 2 N–H and O–H groups in total. The summed E-state index contributed by atoms with van der Waals surface area (Å²) in [6.07, 6.45) is 2.10. The number of aromatic nitrogens is 1. The van der Waals surface area contributed by atoms with Crippen molar-refractivity contribution in [3.63, 3.8) is 0 Å². The minimum Gasteiger partial charge on any atom is -0.441 e. The van der Waals surface area contributed by atoms with E-state index < -0.39 is 12.1 Å². The lowest BCUT2D eigenvalue weighted by atomic mass is 10.1. The summed E-state index contributed by atoms with van der Waals surface area (Å²) >= 11 is 0. The maximum atomic E-state index is 12.8. The van der Waals surface area contributed by atoms with Crippen molar-refractivity contribution in [1.82, 2.24) is 14.8 Å². The molecule has 1 aromatic carbocycles. The van der Waals surface area contributed by atoms with E-state index in [0.29, 0.717) is 38.4 Å². The minimum absolute atomic E-state index is 0.0498. The zero-order valence-electron chi connectivity index (χ0n) is 13.9. The third kappa shape index (κ3) is 2.86. The fourth-order valence-electron chi connectivity index (χ4n) is 3.59. The van der Waals surface area contributed by atoms with Crippen molar-refractivity contribution < 1.29 is 14.0 Å². The van der Waals surface area contributed by atoms with Crippen molar-refractivity contribution in [3.05, 3.63) is 41.8 Å². The van der Waals surface area contributed by atoms with E-state index in [2.05, 4.69) is 4.98 Å². The van der Waals surface area contributed by atoms with Crippen LogP contribution < -0.4 is 5.73 Å². The van der Waals surface area contributed by atoms with Gasteiger partial charge in [0.1, 0.15) is 17.5 Å².